The Labute approximate surface area is 206 Å². The number of aryl methyl sites for hydroxylation is 2. The maximum Gasteiger partial charge on any atom is 0.243 e. The molecular weight excluding hydrogens is 415 g/mol. The molecule has 3 heteroatoms. The molecule has 0 radical (unpaired) electrons. The van der Waals surface area contributed by atoms with Gasteiger partial charge in [0.15, 0.2) is 0 Å². The lowest BCUT2D eigenvalue weighted by atomic mass is 9.36. The normalized spacial score (nSPS) is 12.6. The fourth-order valence-electron chi connectivity index (χ4n) is 5.63. The summed E-state index contributed by atoms with van der Waals surface area (Å²) in [7, 11) is 3.52. The zero-order valence-corrected chi connectivity index (χ0v) is 22.6. The summed E-state index contributed by atoms with van der Waals surface area (Å²) in [5, 5.41) is 0. The summed E-state index contributed by atoms with van der Waals surface area (Å²) in [6.45, 7) is 18.5. The summed E-state index contributed by atoms with van der Waals surface area (Å²) in [5.74, 6) is 3.27. The van der Waals surface area contributed by atoms with E-state index in [0.29, 0.717) is 17.8 Å². The molecule has 34 heavy (non-hydrogen) atoms. The Kier molecular flexibility index (Phi) is 6.59. The van der Waals surface area contributed by atoms with E-state index in [1.165, 1.54) is 55.3 Å². The predicted octanol–water partition coefficient (Wildman–Crippen LogP) is 6.19. The Balaban J connectivity index is 2.13. The first-order chi connectivity index (χ1) is 16.1. The number of benzene rings is 3. The van der Waals surface area contributed by atoms with Gasteiger partial charge in [-0.05, 0) is 82.7 Å². The van der Waals surface area contributed by atoms with Crippen LogP contribution >= 0.6 is 0 Å². The molecule has 178 valence electrons. The molecule has 0 saturated heterocycles. The van der Waals surface area contributed by atoms with Gasteiger partial charge in [0.2, 0.25) is 6.71 Å². The average Bonchev–Trinajstić information content (AvgIpc) is 3.07. The molecule has 0 unspecified atom stereocenters. The summed E-state index contributed by atoms with van der Waals surface area (Å²) in [5.41, 5.74) is 13.5. The van der Waals surface area contributed by atoms with E-state index in [-0.39, 0.29) is 6.71 Å². The van der Waals surface area contributed by atoms with E-state index in [4.69, 9.17) is 9.47 Å². The van der Waals surface area contributed by atoms with Crippen LogP contribution in [0.1, 0.15) is 87.1 Å². The van der Waals surface area contributed by atoms with E-state index in [9.17, 15) is 0 Å². The zero-order chi connectivity index (χ0) is 24.9. The van der Waals surface area contributed by atoms with Crippen molar-refractivity contribution in [2.75, 3.05) is 14.2 Å². The molecule has 1 aliphatic rings. The van der Waals surface area contributed by atoms with Gasteiger partial charge in [-0.25, -0.2) is 0 Å². The van der Waals surface area contributed by atoms with Crippen molar-refractivity contribution in [3.8, 4) is 22.6 Å². The topological polar surface area (TPSA) is 18.5 Å². The van der Waals surface area contributed by atoms with Crippen molar-refractivity contribution >= 4 is 23.1 Å². The molecule has 2 nitrogen and oxygen atoms in total. The predicted molar refractivity (Wildman–Crippen MR) is 148 cm³/mol. The number of hydrogen-bond acceptors (Lipinski definition) is 2. The lowest BCUT2D eigenvalue weighted by Crippen LogP contribution is -2.52. The highest BCUT2D eigenvalue weighted by Gasteiger charge is 2.38. The summed E-state index contributed by atoms with van der Waals surface area (Å²) in [6, 6.07) is 14.1. The van der Waals surface area contributed by atoms with Crippen LogP contribution in [0.5, 0.6) is 11.5 Å². The number of hydrogen-bond donors (Lipinski definition) is 0. The third-order valence-electron chi connectivity index (χ3n) is 7.51. The van der Waals surface area contributed by atoms with Gasteiger partial charge in [-0.2, -0.15) is 0 Å². The van der Waals surface area contributed by atoms with Gasteiger partial charge in [0, 0.05) is 0 Å². The van der Waals surface area contributed by atoms with E-state index in [1.54, 1.807) is 14.2 Å². The van der Waals surface area contributed by atoms with Crippen LogP contribution in [0.15, 0.2) is 36.4 Å². The zero-order valence-electron chi connectivity index (χ0n) is 22.6. The minimum atomic E-state index is 0.204. The molecule has 3 aromatic carbocycles. The Morgan fingerprint density at radius 2 is 1.00 bits per heavy atom. The van der Waals surface area contributed by atoms with Crippen molar-refractivity contribution in [3.63, 3.8) is 0 Å². The largest absolute Gasteiger partial charge is 0.496 e. The molecule has 0 N–H and O–H groups in total. The van der Waals surface area contributed by atoms with E-state index in [0.717, 1.165) is 11.5 Å². The minimum Gasteiger partial charge on any atom is -0.496 e. The first kappa shape index (κ1) is 24.4. The van der Waals surface area contributed by atoms with Crippen molar-refractivity contribution < 1.29 is 9.47 Å². The second-order valence-electron chi connectivity index (χ2n) is 10.8. The number of ether oxygens (including phenoxy) is 2. The standard InChI is InChI=1S/C31H39BO2/c1-17(2)22-13-23(18(3)4)31(24(14-22)19(5)6)32-27-11-20(7)29(33-9)15-25(27)26-16-30(34-10)21(8)12-28(26)32/h11-19H,1-10H3. The third kappa shape index (κ3) is 3.93. The summed E-state index contributed by atoms with van der Waals surface area (Å²) < 4.78 is 11.5. The first-order valence-electron chi connectivity index (χ1n) is 12.6. The van der Waals surface area contributed by atoms with Gasteiger partial charge in [-0.3, -0.25) is 0 Å². The highest BCUT2D eigenvalue weighted by Crippen LogP contribution is 2.35. The molecule has 0 aromatic heterocycles. The fraction of sp³-hybridized carbons (Fsp3) is 0.419. The van der Waals surface area contributed by atoms with Crippen LogP contribution < -0.4 is 25.9 Å². The fourth-order valence-corrected chi connectivity index (χ4v) is 5.63. The summed E-state index contributed by atoms with van der Waals surface area (Å²) in [4.78, 5) is 0. The smallest absolute Gasteiger partial charge is 0.243 e. The van der Waals surface area contributed by atoms with Crippen LogP contribution in [0.4, 0.5) is 0 Å². The van der Waals surface area contributed by atoms with Gasteiger partial charge in [0.05, 0.1) is 14.2 Å². The SMILES string of the molecule is COc1cc2c(cc1C)B(c1c(C(C)C)cc(C(C)C)cc1C(C)C)c1cc(C)c(OC)cc1-2. The monoisotopic (exact) mass is 454 g/mol. The molecule has 1 heterocycles. The van der Waals surface area contributed by atoms with Crippen LogP contribution in [0.25, 0.3) is 11.1 Å². The van der Waals surface area contributed by atoms with Crippen LogP contribution in [-0.4, -0.2) is 20.9 Å². The van der Waals surface area contributed by atoms with Gasteiger partial charge in [0.1, 0.15) is 11.5 Å². The van der Waals surface area contributed by atoms with Gasteiger partial charge >= 0.3 is 0 Å². The van der Waals surface area contributed by atoms with Gasteiger partial charge in [0.25, 0.3) is 0 Å². The third-order valence-corrected chi connectivity index (χ3v) is 7.51. The maximum absolute atomic E-state index is 5.74. The molecule has 0 saturated carbocycles. The maximum atomic E-state index is 5.74. The van der Waals surface area contributed by atoms with E-state index in [1.807, 2.05) is 0 Å². The molecule has 0 fully saturated rings. The van der Waals surface area contributed by atoms with Crippen molar-refractivity contribution in [1.29, 1.82) is 0 Å². The Hall–Kier alpha value is -2.68. The number of rotatable bonds is 6. The Morgan fingerprint density at radius 3 is 1.32 bits per heavy atom. The number of methoxy groups -OCH3 is 2. The van der Waals surface area contributed by atoms with Crippen LogP contribution in [-0.2, 0) is 0 Å². The molecule has 0 aliphatic carbocycles. The molecule has 4 rings (SSSR count). The van der Waals surface area contributed by atoms with E-state index < -0.39 is 0 Å². The second kappa shape index (κ2) is 9.17. The van der Waals surface area contributed by atoms with Gasteiger partial charge < -0.3 is 9.47 Å². The van der Waals surface area contributed by atoms with Crippen molar-refractivity contribution in [2.45, 2.75) is 73.1 Å². The average molecular weight is 454 g/mol. The quantitative estimate of drug-likeness (QED) is 0.324. The van der Waals surface area contributed by atoms with Crippen molar-refractivity contribution in [3.05, 3.63) is 64.2 Å². The van der Waals surface area contributed by atoms with E-state index in [2.05, 4.69) is 91.8 Å². The van der Waals surface area contributed by atoms with E-state index >= 15 is 0 Å². The van der Waals surface area contributed by atoms with Gasteiger partial charge in [-0.1, -0.05) is 82.2 Å². The van der Waals surface area contributed by atoms with Gasteiger partial charge in [-0.15, -0.1) is 0 Å². The Bertz CT molecular complexity index is 1150. The highest BCUT2D eigenvalue weighted by atomic mass is 16.5. The minimum absolute atomic E-state index is 0.204. The molecule has 1 aliphatic heterocycles. The van der Waals surface area contributed by atoms with Crippen molar-refractivity contribution in [2.24, 2.45) is 0 Å². The second-order valence-corrected chi connectivity index (χ2v) is 10.8. The van der Waals surface area contributed by atoms with Crippen LogP contribution in [0.2, 0.25) is 0 Å². The van der Waals surface area contributed by atoms with Crippen LogP contribution in [0, 0.1) is 13.8 Å². The number of fused-ring (bicyclic) bond motifs is 3. The van der Waals surface area contributed by atoms with Crippen LogP contribution in [0.3, 0.4) is 0 Å². The molecule has 0 spiro atoms. The first-order valence-corrected chi connectivity index (χ1v) is 12.6. The van der Waals surface area contributed by atoms with Crippen molar-refractivity contribution in [1.82, 2.24) is 0 Å². The molecule has 0 amide bonds. The molecule has 0 bridgehead atoms. The highest BCUT2D eigenvalue weighted by molar-refractivity contribution is 6.99. The lowest BCUT2D eigenvalue weighted by molar-refractivity contribution is 0.411. The summed E-state index contributed by atoms with van der Waals surface area (Å²) >= 11 is 0. The summed E-state index contributed by atoms with van der Waals surface area (Å²) in [6.07, 6.45) is 0. The Morgan fingerprint density at radius 1 is 0.588 bits per heavy atom. The molecule has 3 aromatic rings. The molecular formula is C31H39BO2. The lowest BCUT2D eigenvalue weighted by Gasteiger charge is -2.27. The molecule has 0 atom stereocenters.